The zero-order valence-electron chi connectivity index (χ0n) is 13.1. The van der Waals surface area contributed by atoms with Crippen molar-refractivity contribution >= 4 is 17.5 Å². The summed E-state index contributed by atoms with van der Waals surface area (Å²) >= 11 is 0. The third-order valence-electron chi connectivity index (χ3n) is 4.06. The van der Waals surface area contributed by atoms with E-state index in [9.17, 15) is 9.59 Å². The van der Waals surface area contributed by atoms with Gasteiger partial charge in [-0.3, -0.25) is 9.59 Å². The molecule has 0 bridgehead atoms. The average Bonchev–Trinajstić information content (AvgIpc) is 3.21. The number of hydrogen-bond donors (Lipinski definition) is 1. The summed E-state index contributed by atoms with van der Waals surface area (Å²) in [6.07, 6.45) is 5.53. The third-order valence-corrected chi connectivity index (χ3v) is 4.06. The summed E-state index contributed by atoms with van der Waals surface area (Å²) < 4.78 is 1.73. The number of rotatable bonds is 5. The molecule has 3 rings (SSSR count). The van der Waals surface area contributed by atoms with Gasteiger partial charge in [-0.25, -0.2) is 4.68 Å². The lowest BCUT2D eigenvalue weighted by Gasteiger charge is -2.25. The minimum Gasteiger partial charge on any atom is -0.331 e. The number of anilines is 1. The number of nitrogens with one attached hydrogen (secondary N) is 1. The molecular formula is C17H20N4O2. The molecule has 0 aliphatic carbocycles. The first-order valence-electron chi connectivity index (χ1n) is 7.89. The Morgan fingerprint density at radius 2 is 2.26 bits per heavy atom. The molecule has 6 nitrogen and oxygen atoms in total. The van der Waals surface area contributed by atoms with E-state index in [4.69, 9.17) is 0 Å². The number of hydrogen-bond acceptors (Lipinski definition) is 3. The molecule has 1 saturated heterocycles. The fraction of sp³-hybridized carbons (Fsp3) is 0.353. The van der Waals surface area contributed by atoms with E-state index in [0.29, 0.717) is 25.1 Å². The fourth-order valence-electron chi connectivity index (χ4n) is 2.92. The molecule has 1 aliphatic rings. The fourth-order valence-corrected chi connectivity index (χ4v) is 2.92. The van der Waals surface area contributed by atoms with E-state index in [2.05, 4.69) is 10.4 Å². The average molecular weight is 312 g/mol. The van der Waals surface area contributed by atoms with Gasteiger partial charge in [-0.15, -0.1) is 0 Å². The summed E-state index contributed by atoms with van der Waals surface area (Å²) in [6.45, 7) is 2.59. The van der Waals surface area contributed by atoms with Gasteiger partial charge >= 0.3 is 0 Å². The minimum atomic E-state index is -0.404. The van der Waals surface area contributed by atoms with Gasteiger partial charge in [0.2, 0.25) is 11.8 Å². The molecule has 23 heavy (non-hydrogen) atoms. The van der Waals surface area contributed by atoms with Crippen LogP contribution in [0.4, 0.5) is 5.69 Å². The Kier molecular flexibility index (Phi) is 4.41. The van der Waals surface area contributed by atoms with E-state index < -0.39 is 6.04 Å². The standard InChI is InChI=1S/C17H20N4O2/c1-2-15(20-10-4-8-16(20)22)17(23)19-13-6-3-7-14(12-13)21-11-5-9-18-21/h3,5-7,9,11-12,15H,2,4,8,10H2,1H3,(H,19,23)/t15-/m1/s1. The van der Waals surface area contributed by atoms with Crippen LogP contribution in [0.1, 0.15) is 26.2 Å². The lowest BCUT2D eigenvalue weighted by atomic mass is 10.1. The first-order chi connectivity index (χ1) is 11.2. The minimum absolute atomic E-state index is 0.0669. The van der Waals surface area contributed by atoms with Gasteiger partial charge in [0, 0.05) is 31.0 Å². The number of aromatic nitrogens is 2. The molecule has 1 atom stereocenters. The van der Waals surface area contributed by atoms with Crippen LogP contribution in [0.5, 0.6) is 0 Å². The van der Waals surface area contributed by atoms with Crippen LogP contribution in [0.15, 0.2) is 42.7 Å². The number of carbonyl (C=O) groups is 2. The van der Waals surface area contributed by atoms with E-state index in [-0.39, 0.29) is 11.8 Å². The van der Waals surface area contributed by atoms with Crippen molar-refractivity contribution in [1.29, 1.82) is 0 Å². The van der Waals surface area contributed by atoms with Crippen molar-refractivity contribution in [1.82, 2.24) is 14.7 Å². The predicted molar refractivity (Wildman–Crippen MR) is 87.2 cm³/mol. The van der Waals surface area contributed by atoms with E-state index >= 15 is 0 Å². The Hall–Kier alpha value is -2.63. The molecule has 1 aromatic heterocycles. The van der Waals surface area contributed by atoms with E-state index in [1.165, 1.54) is 0 Å². The van der Waals surface area contributed by atoms with Crippen LogP contribution in [0.3, 0.4) is 0 Å². The topological polar surface area (TPSA) is 67.2 Å². The van der Waals surface area contributed by atoms with Crippen LogP contribution in [0.2, 0.25) is 0 Å². The highest BCUT2D eigenvalue weighted by atomic mass is 16.2. The molecular weight excluding hydrogens is 292 g/mol. The maximum Gasteiger partial charge on any atom is 0.247 e. The second kappa shape index (κ2) is 6.64. The Morgan fingerprint density at radius 1 is 1.39 bits per heavy atom. The van der Waals surface area contributed by atoms with Crippen molar-refractivity contribution in [2.75, 3.05) is 11.9 Å². The van der Waals surface area contributed by atoms with Crippen LogP contribution in [-0.4, -0.2) is 39.1 Å². The summed E-state index contributed by atoms with van der Waals surface area (Å²) in [5.41, 5.74) is 1.58. The van der Waals surface area contributed by atoms with E-state index in [1.54, 1.807) is 15.8 Å². The van der Waals surface area contributed by atoms with Gasteiger partial charge in [0.05, 0.1) is 5.69 Å². The summed E-state index contributed by atoms with van der Waals surface area (Å²) in [5.74, 6) is -0.0716. The van der Waals surface area contributed by atoms with Crippen molar-refractivity contribution in [3.63, 3.8) is 0 Å². The number of carbonyl (C=O) groups excluding carboxylic acids is 2. The number of amides is 2. The Balaban J connectivity index is 1.74. The molecule has 0 saturated carbocycles. The lowest BCUT2D eigenvalue weighted by molar-refractivity contribution is -0.135. The first kappa shape index (κ1) is 15.3. The van der Waals surface area contributed by atoms with E-state index in [1.807, 2.05) is 43.5 Å². The molecule has 0 unspecified atom stereocenters. The molecule has 2 aromatic rings. The predicted octanol–water partition coefficient (Wildman–Crippen LogP) is 2.21. The molecule has 2 amide bonds. The molecule has 0 spiro atoms. The molecule has 1 fully saturated rings. The maximum atomic E-state index is 12.5. The number of likely N-dealkylation sites (tertiary alicyclic amines) is 1. The van der Waals surface area contributed by atoms with Gasteiger partial charge < -0.3 is 10.2 Å². The van der Waals surface area contributed by atoms with Gasteiger partial charge in [-0.05, 0) is 37.1 Å². The Labute approximate surface area is 135 Å². The smallest absolute Gasteiger partial charge is 0.247 e. The summed E-state index contributed by atoms with van der Waals surface area (Å²) in [6, 6.07) is 8.93. The Morgan fingerprint density at radius 3 is 2.91 bits per heavy atom. The van der Waals surface area contributed by atoms with Crippen molar-refractivity contribution in [3.8, 4) is 5.69 Å². The molecule has 1 aliphatic heterocycles. The Bertz CT molecular complexity index is 696. The largest absolute Gasteiger partial charge is 0.331 e. The highest BCUT2D eigenvalue weighted by Crippen LogP contribution is 2.19. The zero-order valence-corrected chi connectivity index (χ0v) is 13.1. The summed E-state index contributed by atoms with van der Waals surface area (Å²) in [4.78, 5) is 26.1. The van der Waals surface area contributed by atoms with Gasteiger partial charge in [0.1, 0.15) is 6.04 Å². The number of nitrogens with zero attached hydrogens (tertiary/aromatic N) is 3. The quantitative estimate of drug-likeness (QED) is 0.920. The van der Waals surface area contributed by atoms with Crippen LogP contribution in [-0.2, 0) is 9.59 Å². The second-order valence-corrected chi connectivity index (χ2v) is 5.60. The molecule has 2 heterocycles. The molecule has 1 aromatic carbocycles. The third kappa shape index (κ3) is 3.26. The monoisotopic (exact) mass is 312 g/mol. The summed E-state index contributed by atoms with van der Waals surface area (Å²) in [5, 5.41) is 7.10. The molecule has 0 radical (unpaired) electrons. The SMILES string of the molecule is CC[C@H](C(=O)Nc1cccc(-n2cccn2)c1)N1CCCC1=O. The van der Waals surface area contributed by atoms with Gasteiger partial charge in [-0.1, -0.05) is 13.0 Å². The van der Waals surface area contributed by atoms with Crippen molar-refractivity contribution < 1.29 is 9.59 Å². The van der Waals surface area contributed by atoms with Crippen molar-refractivity contribution in [2.45, 2.75) is 32.2 Å². The number of benzene rings is 1. The highest BCUT2D eigenvalue weighted by Gasteiger charge is 2.31. The first-order valence-corrected chi connectivity index (χ1v) is 7.89. The van der Waals surface area contributed by atoms with Gasteiger partial charge in [0.15, 0.2) is 0 Å². The second-order valence-electron chi connectivity index (χ2n) is 5.60. The van der Waals surface area contributed by atoms with Crippen LogP contribution >= 0.6 is 0 Å². The normalized spacial score (nSPS) is 15.7. The molecule has 6 heteroatoms. The maximum absolute atomic E-state index is 12.5. The van der Waals surface area contributed by atoms with Crippen molar-refractivity contribution in [3.05, 3.63) is 42.7 Å². The highest BCUT2D eigenvalue weighted by molar-refractivity contribution is 5.97. The van der Waals surface area contributed by atoms with Gasteiger partial charge in [0.25, 0.3) is 0 Å². The zero-order chi connectivity index (χ0) is 16.2. The molecule has 120 valence electrons. The summed E-state index contributed by atoms with van der Waals surface area (Å²) in [7, 11) is 0. The van der Waals surface area contributed by atoms with Gasteiger partial charge in [-0.2, -0.15) is 5.10 Å². The lowest BCUT2D eigenvalue weighted by Crippen LogP contribution is -2.44. The van der Waals surface area contributed by atoms with Crippen LogP contribution in [0, 0.1) is 0 Å². The van der Waals surface area contributed by atoms with Crippen molar-refractivity contribution in [2.24, 2.45) is 0 Å². The van der Waals surface area contributed by atoms with Crippen LogP contribution < -0.4 is 5.32 Å². The van der Waals surface area contributed by atoms with Crippen LogP contribution in [0.25, 0.3) is 5.69 Å². The van der Waals surface area contributed by atoms with E-state index in [0.717, 1.165) is 12.1 Å². The molecule has 1 N–H and O–H groups in total.